The van der Waals surface area contributed by atoms with Crippen LogP contribution in [-0.2, 0) is 10.0 Å². The standard InChI is InChI=1S/C19H22N2O4S/c1-13-5-7-14(8-6-13)17-12-18(21(20-17)26(4,22)23)16-10-9-15(24-2)11-19(16)25-3/h5-11,18H,12H2,1-4H3/t18-/m0/s1. The molecule has 0 aromatic heterocycles. The Balaban J connectivity index is 2.04. The zero-order valence-corrected chi connectivity index (χ0v) is 16.1. The zero-order valence-electron chi connectivity index (χ0n) is 15.3. The molecule has 0 N–H and O–H groups in total. The van der Waals surface area contributed by atoms with Crippen molar-refractivity contribution in [2.24, 2.45) is 5.10 Å². The van der Waals surface area contributed by atoms with E-state index in [2.05, 4.69) is 5.10 Å². The third-order valence-electron chi connectivity index (χ3n) is 4.40. The van der Waals surface area contributed by atoms with Crippen molar-refractivity contribution in [1.29, 1.82) is 0 Å². The first-order chi connectivity index (χ1) is 12.3. The van der Waals surface area contributed by atoms with Crippen molar-refractivity contribution in [3.05, 3.63) is 59.2 Å². The van der Waals surface area contributed by atoms with Crippen molar-refractivity contribution in [2.45, 2.75) is 19.4 Å². The van der Waals surface area contributed by atoms with Gasteiger partial charge in [0.25, 0.3) is 0 Å². The molecule has 0 aliphatic carbocycles. The molecule has 2 aromatic carbocycles. The number of nitrogens with zero attached hydrogens (tertiary/aromatic N) is 2. The Labute approximate surface area is 154 Å². The quantitative estimate of drug-likeness (QED) is 0.806. The predicted octanol–water partition coefficient (Wildman–Crippen LogP) is 3.12. The lowest BCUT2D eigenvalue weighted by molar-refractivity contribution is 0.348. The van der Waals surface area contributed by atoms with Gasteiger partial charge in [-0.25, -0.2) is 8.42 Å². The highest BCUT2D eigenvalue weighted by Gasteiger charge is 2.36. The Bertz CT molecular complexity index is 937. The van der Waals surface area contributed by atoms with Crippen molar-refractivity contribution in [2.75, 3.05) is 20.5 Å². The molecule has 0 bridgehead atoms. The van der Waals surface area contributed by atoms with Gasteiger partial charge in [-0.15, -0.1) is 0 Å². The van der Waals surface area contributed by atoms with E-state index in [0.717, 1.165) is 28.7 Å². The van der Waals surface area contributed by atoms with Crippen molar-refractivity contribution in [1.82, 2.24) is 4.41 Å². The van der Waals surface area contributed by atoms with Crippen LogP contribution < -0.4 is 9.47 Å². The molecular formula is C19H22N2O4S. The summed E-state index contributed by atoms with van der Waals surface area (Å²) in [6.07, 6.45) is 1.64. The zero-order chi connectivity index (χ0) is 18.9. The van der Waals surface area contributed by atoms with E-state index in [1.165, 1.54) is 4.41 Å². The Morgan fingerprint density at radius 3 is 2.35 bits per heavy atom. The summed E-state index contributed by atoms with van der Waals surface area (Å²) in [6.45, 7) is 2.01. The number of rotatable bonds is 5. The monoisotopic (exact) mass is 374 g/mol. The molecule has 0 saturated heterocycles. The summed E-state index contributed by atoms with van der Waals surface area (Å²) in [5, 5.41) is 4.41. The maximum absolute atomic E-state index is 12.3. The predicted molar refractivity (Wildman–Crippen MR) is 101 cm³/mol. The van der Waals surface area contributed by atoms with Crippen molar-refractivity contribution in [3.63, 3.8) is 0 Å². The van der Waals surface area contributed by atoms with Gasteiger partial charge in [-0.1, -0.05) is 29.8 Å². The van der Waals surface area contributed by atoms with Crippen molar-refractivity contribution < 1.29 is 17.9 Å². The van der Waals surface area contributed by atoms with E-state index in [1.807, 2.05) is 37.3 Å². The fourth-order valence-corrected chi connectivity index (χ4v) is 3.94. The van der Waals surface area contributed by atoms with Crippen LogP contribution in [0.25, 0.3) is 0 Å². The minimum Gasteiger partial charge on any atom is -0.497 e. The number of ether oxygens (including phenoxy) is 2. The third kappa shape index (κ3) is 3.53. The van der Waals surface area contributed by atoms with E-state index >= 15 is 0 Å². The largest absolute Gasteiger partial charge is 0.497 e. The average molecular weight is 374 g/mol. The normalized spacial score (nSPS) is 17.2. The minimum absolute atomic E-state index is 0.456. The summed E-state index contributed by atoms with van der Waals surface area (Å²) < 4.78 is 36.5. The Morgan fingerprint density at radius 1 is 1.08 bits per heavy atom. The van der Waals surface area contributed by atoms with Gasteiger partial charge in [0, 0.05) is 18.1 Å². The number of hydrogen-bond acceptors (Lipinski definition) is 5. The van der Waals surface area contributed by atoms with E-state index in [0.29, 0.717) is 17.9 Å². The second kappa shape index (κ2) is 6.99. The number of methoxy groups -OCH3 is 2. The van der Waals surface area contributed by atoms with Crippen molar-refractivity contribution in [3.8, 4) is 11.5 Å². The highest BCUT2D eigenvalue weighted by atomic mass is 32.2. The first kappa shape index (κ1) is 18.3. The van der Waals surface area contributed by atoms with Crippen LogP contribution in [0.3, 0.4) is 0 Å². The SMILES string of the molecule is COc1ccc([C@@H]2CC(c3ccc(C)cc3)=NN2S(C)(=O)=O)c(OC)c1. The maximum atomic E-state index is 12.3. The number of benzene rings is 2. The molecule has 7 heteroatoms. The molecule has 0 unspecified atom stereocenters. The molecule has 0 amide bonds. The van der Waals surface area contributed by atoms with Crippen LogP contribution >= 0.6 is 0 Å². The van der Waals surface area contributed by atoms with E-state index < -0.39 is 16.1 Å². The number of aryl methyl sites for hydroxylation is 1. The lowest BCUT2D eigenvalue weighted by Crippen LogP contribution is -2.26. The van der Waals surface area contributed by atoms with Gasteiger partial charge < -0.3 is 9.47 Å². The van der Waals surface area contributed by atoms with E-state index in [1.54, 1.807) is 26.4 Å². The molecule has 3 rings (SSSR count). The van der Waals surface area contributed by atoms with E-state index in [9.17, 15) is 8.42 Å². The minimum atomic E-state index is -3.53. The van der Waals surface area contributed by atoms with Gasteiger partial charge in [-0.2, -0.15) is 9.52 Å². The molecule has 2 aromatic rings. The molecule has 26 heavy (non-hydrogen) atoms. The van der Waals surface area contributed by atoms with Crippen LogP contribution in [-0.4, -0.2) is 39.0 Å². The molecular weight excluding hydrogens is 352 g/mol. The van der Waals surface area contributed by atoms with Crippen LogP contribution in [0, 0.1) is 6.92 Å². The van der Waals surface area contributed by atoms with E-state index in [4.69, 9.17) is 9.47 Å². The molecule has 1 heterocycles. The molecule has 0 fully saturated rings. The fraction of sp³-hybridized carbons (Fsp3) is 0.316. The maximum Gasteiger partial charge on any atom is 0.247 e. The van der Waals surface area contributed by atoms with Gasteiger partial charge in [-0.3, -0.25) is 0 Å². The van der Waals surface area contributed by atoms with Crippen LogP contribution in [0.4, 0.5) is 0 Å². The van der Waals surface area contributed by atoms with Crippen LogP contribution in [0.1, 0.15) is 29.2 Å². The summed E-state index contributed by atoms with van der Waals surface area (Å²) in [6, 6.07) is 12.8. The third-order valence-corrected chi connectivity index (χ3v) is 5.41. The summed E-state index contributed by atoms with van der Waals surface area (Å²) in [4.78, 5) is 0. The van der Waals surface area contributed by atoms with Crippen LogP contribution in [0.5, 0.6) is 11.5 Å². The van der Waals surface area contributed by atoms with Crippen LogP contribution in [0.15, 0.2) is 47.6 Å². The van der Waals surface area contributed by atoms with Gasteiger partial charge in [0.1, 0.15) is 11.5 Å². The molecule has 6 nitrogen and oxygen atoms in total. The van der Waals surface area contributed by atoms with Gasteiger partial charge in [0.05, 0.1) is 32.2 Å². The molecule has 1 aliphatic heterocycles. The highest BCUT2D eigenvalue weighted by Crippen LogP contribution is 2.40. The second-order valence-corrected chi connectivity index (χ2v) is 8.12. The topological polar surface area (TPSA) is 68.2 Å². The molecule has 138 valence electrons. The molecule has 0 saturated carbocycles. The molecule has 0 spiro atoms. The Hall–Kier alpha value is -2.54. The summed E-state index contributed by atoms with van der Waals surface area (Å²) >= 11 is 0. The van der Waals surface area contributed by atoms with Crippen LogP contribution in [0.2, 0.25) is 0 Å². The molecule has 1 aliphatic rings. The Morgan fingerprint density at radius 2 is 1.77 bits per heavy atom. The summed E-state index contributed by atoms with van der Waals surface area (Å²) in [7, 11) is -0.400. The van der Waals surface area contributed by atoms with Gasteiger partial charge in [-0.05, 0) is 24.6 Å². The number of hydrogen-bond donors (Lipinski definition) is 0. The van der Waals surface area contributed by atoms with Gasteiger partial charge in [0.2, 0.25) is 10.0 Å². The smallest absolute Gasteiger partial charge is 0.247 e. The Kier molecular flexibility index (Phi) is 4.91. The molecule has 1 atom stereocenters. The van der Waals surface area contributed by atoms with Gasteiger partial charge in [0.15, 0.2) is 0 Å². The first-order valence-electron chi connectivity index (χ1n) is 8.19. The molecule has 0 radical (unpaired) electrons. The number of sulfonamides is 1. The fourth-order valence-electron chi connectivity index (χ4n) is 3.04. The summed E-state index contributed by atoms with van der Waals surface area (Å²) in [5.74, 6) is 1.22. The lowest BCUT2D eigenvalue weighted by atomic mass is 9.98. The summed E-state index contributed by atoms with van der Waals surface area (Å²) in [5.41, 5.74) is 3.54. The average Bonchev–Trinajstić information content (AvgIpc) is 3.07. The first-order valence-corrected chi connectivity index (χ1v) is 10.0. The van der Waals surface area contributed by atoms with Crippen molar-refractivity contribution >= 4 is 15.7 Å². The second-order valence-electron chi connectivity index (χ2n) is 6.28. The van der Waals surface area contributed by atoms with E-state index in [-0.39, 0.29) is 0 Å². The highest BCUT2D eigenvalue weighted by molar-refractivity contribution is 7.88. The van der Waals surface area contributed by atoms with Gasteiger partial charge >= 0.3 is 0 Å². The number of hydrazone groups is 1. The lowest BCUT2D eigenvalue weighted by Gasteiger charge is -2.23.